The summed E-state index contributed by atoms with van der Waals surface area (Å²) < 4.78 is 12.8. The number of nitrogens with one attached hydrogen (secondary N) is 1. The third kappa shape index (κ3) is 2.70. The van der Waals surface area contributed by atoms with Crippen molar-refractivity contribution in [3.05, 3.63) is 47.8 Å². The molecule has 1 aromatic carbocycles. The van der Waals surface area contributed by atoms with E-state index in [2.05, 4.69) is 17.5 Å². The van der Waals surface area contributed by atoms with Gasteiger partial charge in [0.1, 0.15) is 5.82 Å². The summed E-state index contributed by atoms with van der Waals surface area (Å²) in [6.07, 6.45) is 8.28. The van der Waals surface area contributed by atoms with E-state index in [0.29, 0.717) is 12.1 Å². The second-order valence-corrected chi connectivity index (χ2v) is 5.59. The topological polar surface area (TPSA) is 29.1 Å². The summed E-state index contributed by atoms with van der Waals surface area (Å²) in [4.78, 5) is 11.8. The molecule has 0 radical (unpaired) electrons. The Bertz CT molecular complexity index is 494. The number of amides is 1. The summed E-state index contributed by atoms with van der Waals surface area (Å²) in [7, 11) is 0. The number of fused-ring (bicyclic) bond motifs is 2. The standard InChI is InChI=1S/C16H18FNO/c17-15-5-3-12(4-6-15)16(19)18-8-7-14-10-11-1-2-13(14)9-11/h1-6,11,13-14H,7-10H2,(H,18,19)/t11-,13+,14+/m1/s1. The average Bonchev–Trinajstić information content (AvgIpc) is 3.02. The van der Waals surface area contributed by atoms with E-state index in [4.69, 9.17) is 0 Å². The Labute approximate surface area is 112 Å². The van der Waals surface area contributed by atoms with Gasteiger partial charge in [-0.25, -0.2) is 4.39 Å². The first kappa shape index (κ1) is 12.4. The van der Waals surface area contributed by atoms with Gasteiger partial charge in [0.25, 0.3) is 5.91 Å². The van der Waals surface area contributed by atoms with E-state index in [1.54, 1.807) is 0 Å². The maximum atomic E-state index is 12.8. The summed E-state index contributed by atoms with van der Waals surface area (Å²) in [5.74, 6) is 1.81. The molecule has 0 unspecified atom stereocenters. The molecular formula is C16H18FNO. The van der Waals surface area contributed by atoms with Crippen molar-refractivity contribution in [1.82, 2.24) is 5.32 Å². The first-order valence-electron chi connectivity index (χ1n) is 6.94. The van der Waals surface area contributed by atoms with Crippen molar-refractivity contribution >= 4 is 5.91 Å². The lowest BCUT2D eigenvalue weighted by atomic mass is 9.90. The van der Waals surface area contributed by atoms with Crippen LogP contribution in [0.4, 0.5) is 4.39 Å². The Morgan fingerprint density at radius 1 is 1.21 bits per heavy atom. The maximum Gasteiger partial charge on any atom is 0.251 e. The van der Waals surface area contributed by atoms with Gasteiger partial charge in [0.2, 0.25) is 0 Å². The average molecular weight is 259 g/mol. The highest BCUT2D eigenvalue weighted by atomic mass is 19.1. The van der Waals surface area contributed by atoms with E-state index < -0.39 is 0 Å². The van der Waals surface area contributed by atoms with Crippen LogP contribution in [0.1, 0.15) is 29.6 Å². The van der Waals surface area contributed by atoms with Crippen LogP contribution in [0.2, 0.25) is 0 Å². The summed E-state index contributed by atoms with van der Waals surface area (Å²) in [5, 5.41) is 2.92. The van der Waals surface area contributed by atoms with Crippen molar-refractivity contribution in [3.63, 3.8) is 0 Å². The van der Waals surface area contributed by atoms with E-state index in [9.17, 15) is 9.18 Å². The molecule has 0 heterocycles. The Morgan fingerprint density at radius 3 is 2.63 bits per heavy atom. The van der Waals surface area contributed by atoms with Crippen LogP contribution in [0.5, 0.6) is 0 Å². The zero-order valence-corrected chi connectivity index (χ0v) is 10.8. The van der Waals surface area contributed by atoms with Crippen LogP contribution in [0.3, 0.4) is 0 Å². The highest BCUT2D eigenvalue weighted by Gasteiger charge is 2.34. The van der Waals surface area contributed by atoms with Gasteiger partial charge in [-0.05, 0) is 61.3 Å². The predicted molar refractivity (Wildman–Crippen MR) is 72.2 cm³/mol. The second kappa shape index (κ2) is 5.16. The van der Waals surface area contributed by atoms with Crippen molar-refractivity contribution < 1.29 is 9.18 Å². The summed E-state index contributed by atoms with van der Waals surface area (Å²) >= 11 is 0. The quantitative estimate of drug-likeness (QED) is 0.827. The van der Waals surface area contributed by atoms with Crippen LogP contribution >= 0.6 is 0 Å². The smallest absolute Gasteiger partial charge is 0.251 e. The molecule has 1 aromatic rings. The summed E-state index contributed by atoms with van der Waals surface area (Å²) in [6, 6.07) is 5.67. The van der Waals surface area contributed by atoms with Crippen LogP contribution in [-0.2, 0) is 0 Å². The number of hydrogen-bond acceptors (Lipinski definition) is 1. The molecule has 100 valence electrons. The number of halogens is 1. The number of hydrogen-bond donors (Lipinski definition) is 1. The Morgan fingerprint density at radius 2 is 2.00 bits per heavy atom. The largest absolute Gasteiger partial charge is 0.352 e. The Balaban J connectivity index is 1.46. The zero-order chi connectivity index (χ0) is 13.2. The van der Waals surface area contributed by atoms with Crippen LogP contribution in [-0.4, -0.2) is 12.5 Å². The van der Waals surface area contributed by atoms with E-state index in [1.165, 1.54) is 37.1 Å². The highest BCUT2D eigenvalue weighted by molar-refractivity contribution is 5.94. The summed E-state index contributed by atoms with van der Waals surface area (Å²) in [6.45, 7) is 0.706. The van der Waals surface area contributed by atoms with Gasteiger partial charge in [0.05, 0.1) is 0 Å². The molecule has 2 aliphatic rings. The molecule has 3 rings (SSSR count). The lowest BCUT2D eigenvalue weighted by Crippen LogP contribution is -2.26. The number of benzene rings is 1. The fourth-order valence-electron chi connectivity index (χ4n) is 3.30. The van der Waals surface area contributed by atoms with Gasteiger partial charge in [0.15, 0.2) is 0 Å². The second-order valence-electron chi connectivity index (χ2n) is 5.59. The molecular weight excluding hydrogens is 241 g/mol. The molecule has 1 fully saturated rings. The first-order valence-corrected chi connectivity index (χ1v) is 6.94. The molecule has 1 amide bonds. The third-order valence-corrected chi connectivity index (χ3v) is 4.32. The molecule has 0 aliphatic heterocycles. The van der Waals surface area contributed by atoms with Crippen molar-refractivity contribution in [3.8, 4) is 0 Å². The molecule has 3 heteroatoms. The van der Waals surface area contributed by atoms with E-state index in [-0.39, 0.29) is 11.7 Å². The van der Waals surface area contributed by atoms with Crippen molar-refractivity contribution in [2.75, 3.05) is 6.54 Å². The molecule has 1 N–H and O–H groups in total. The van der Waals surface area contributed by atoms with Gasteiger partial charge in [-0.3, -0.25) is 4.79 Å². The molecule has 0 aromatic heterocycles. The van der Waals surface area contributed by atoms with Gasteiger partial charge in [0, 0.05) is 12.1 Å². The molecule has 2 bridgehead atoms. The van der Waals surface area contributed by atoms with Crippen molar-refractivity contribution in [1.29, 1.82) is 0 Å². The lowest BCUT2D eigenvalue weighted by molar-refractivity contribution is 0.0950. The van der Waals surface area contributed by atoms with Crippen LogP contribution in [0.15, 0.2) is 36.4 Å². The fraction of sp³-hybridized carbons (Fsp3) is 0.438. The van der Waals surface area contributed by atoms with Crippen molar-refractivity contribution in [2.24, 2.45) is 17.8 Å². The zero-order valence-electron chi connectivity index (χ0n) is 10.8. The minimum atomic E-state index is -0.315. The monoisotopic (exact) mass is 259 g/mol. The molecule has 1 saturated carbocycles. The van der Waals surface area contributed by atoms with E-state index in [0.717, 1.165) is 24.2 Å². The molecule has 0 spiro atoms. The summed E-state index contributed by atoms with van der Waals surface area (Å²) in [5.41, 5.74) is 0.522. The van der Waals surface area contributed by atoms with Gasteiger partial charge in [-0.2, -0.15) is 0 Å². The SMILES string of the molecule is O=C(NCC[C@H]1C[C@@H]2C=C[C@H]1C2)c1ccc(F)cc1. The van der Waals surface area contributed by atoms with Crippen LogP contribution < -0.4 is 5.32 Å². The van der Waals surface area contributed by atoms with Gasteiger partial charge in [-0.1, -0.05) is 12.2 Å². The molecule has 2 nitrogen and oxygen atoms in total. The number of carbonyl (C=O) groups is 1. The highest BCUT2D eigenvalue weighted by Crippen LogP contribution is 2.44. The van der Waals surface area contributed by atoms with Gasteiger partial charge >= 0.3 is 0 Å². The minimum absolute atomic E-state index is 0.112. The lowest BCUT2D eigenvalue weighted by Gasteiger charge is -2.17. The van der Waals surface area contributed by atoms with Gasteiger partial charge < -0.3 is 5.32 Å². The number of allylic oxidation sites excluding steroid dienone is 2. The van der Waals surface area contributed by atoms with E-state index >= 15 is 0 Å². The van der Waals surface area contributed by atoms with Crippen molar-refractivity contribution in [2.45, 2.75) is 19.3 Å². The molecule has 2 aliphatic carbocycles. The fourth-order valence-corrected chi connectivity index (χ4v) is 3.30. The molecule has 0 saturated heterocycles. The predicted octanol–water partition coefficient (Wildman–Crippen LogP) is 3.16. The Hall–Kier alpha value is -1.64. The van der Waals surface area contributed by atoms with Gasteiger partial charge in [-0.15, -0.1) is 0 Å². The van der Waals surface area contributed by atoms with Crippen LogP contribution in [0.25, 0.3) is 0 Å². The minimum Gasteiger partial charge on any atom is -0.352 e. The number of carbonyl (C=O) groups excluding carboxylic acids is 1. The third-order valence-electron chi connectivity index (χ3n) is 4.32. The maximum absolute atomic E-state index is 12.8. The molecule has 3 atom stereocenters. The van der Waals surface area contributed by atoms with E-state index in [1.807, 2.05) is 0 Å². The normalized spacial score (nSPS) is 27.7. The molecule has 19 heavy (non-hydrogen) atoms. The van der Waals surface area contributed by atoms with Crippen LogP contribution in [0, 0.1) is 23.6 Å². The first-order chi connectivity index (χ1) is 9.22. The Kier molecular flexibility index (Phi) is 3.36. The number of rotatable bonds is 4.